The molecule has 5 nitrogen and oxygen atoms in total. The Morgan fingerprint density at radius 2 is 1.45 bits per heavy atom. The fraction of sp³-hybridized carbons (Fsp3) is 0.0476. The van der Waals surface area contributed by atoms with Crippen LogP contribution in [0.25, 0.3) is 6.08 Å². The molecule has 0 radical (unpaired) electrons. The minimum absolute atomic E-state index is 0.0322. The normalized spacial score (nSPS) is 11.0. The highest BCUT2D eigenvalue weighted by Crippen LogP contribution is 2.32. The number of aromatic nitrogens is 1. The van der Waals surface area contributed by atoms with Crippen LogP contribution in [0.15, 0.2) is 66.7 Å². The second-order valence-electron chi connectivity index (χ2n) is 5.79. The van der Waals surface area contributed by atoms with Crippen molar-refractivity contribution in [3.8, 4) is 17.4 Å². The van der Waals surface area contributed by atoms with Crippen LogP contribution in [-0.2, 0) is 11.0 Å². The van der Waals surface area contributed by atoms with Crippen molar-refractivity contribution in [1.82, 2.24) is 4.98 Å². The van der Waals surface area contributed by atoms with Crippen molar-refractivity contribution in [2.45, 2.75) is 6.18 Å². The summed E-state index contributed by atoms with van der Waals surface area (Å²) in [5.74, 6) is -2.45. The Bertz CT molecular complexity index is 1030. The highest BCUT2D eigenvalue weighted by molar-refractivity contribution is 5.85. The summed E-state index contributed by atoms with van der Waals surface area (Å²) in [7, 11) is 0. The zero-order valence-corrected chi connectivity index (χ0v) is 15.5. The quantitative estimate of drug-likeness (QED) is 0.405. The van der Waals surface area contributed by atoms with E-state index in [-0.39, 0.29) is 22.9 Å². The maximum Gasteiger partial charge on any atom is 0.433 e. The number of nitrogens with zero attached hydrogens (tertiary/aromatic N) is 1. The number of aliphatic carboxylic acids is 1. The predicted molar refractivity (Wildman–Crippen MR) is 100 cm³/mol. The number of ether oxygens (including phenoxy) is 1. The van der Waals surface area contributed by atoms with Gasteiger partial charge in [0.2, 0.25) is 5.88 Å². The Kier molecular flexibility index (Phi) is 7.67. The van der Waals surface area contributed by atoms with Gasteiger partial charge in [-0.15, -0.1) is 0 Å². The van der Waals surface area contributed by atoms with E-state index in [1.54, 1.807) is 0 Å². The van der Waals surface area contributed by atoms with Crippen LogP contribution in [0.1, 0.15) is 11.3 Å². The molecule has 0 aliphatic rings. The Balaban J connectivity index is 0.000000357. The molecular formula is C21H14F5NO4. The van der Waals surface area contributed by atoms with Crippen LogP contribution in [-0.4, -0.2) is 21.2 Å². The Morgan fingerprint density at radius 3 is 1.94 bits per heavy atom. The molecule has 3 rings (SSSR count). The van der Waals surface area contributed by atoms with Crippen LogP contribution < -0.4 is 4.74 Å². The number of carboxylic acids is 1. The topological polar surface area (TPSA) is 79.7 Å². The second-order valence-corrected chi connectivity index (χ2v) is 5.79. The number of hydrogen-bond donors (Lipinski definition) is 2. The van der Waals surface area contributed by atoms with E-state index in [9.17, 15) is 26.7 Å². The number of carbonyl (C=O) groups is 1. The average Bonchev–Trinajstić information content (AvgIpc) is 2.70. The minimum atomic E-state index is -4.68. The van der Waals surface area contributed by atoms with E-state index in [1.165, 1.54) is 36.4 Å². The van der Waals surface area contributed by atoms with Gasteiger partial charge in [-0.2, -0.15) is 13.2 Å². The van der Waals surface area contributed by atoms with Gasteiger partial charge in [0.05, 0.1) is 0 Å². The first kappa shape index (κ1) is 23.3. The molecule has 1 heterocycles. The fourth-order valence-electron chi connectivity index (χ4n) is 2.03. The largest absolute Gasteiger partial charge is 0.508 e. The van der Waals surface area contributed by atoms with Gasteiger partial charge in [0.15, 0.2) is 0 Å². The van der Waals surface area contributed by atoms with Crippen LogP contribution in [0.3, 0.4) is 0 Å². The number of halogens is 5. The molecule has 1 aromatic heterocycles. The third-order valence-electron chi connectivity index (χ3n) is 3.44. The maximum atomic E-state index is 12.8. The van der Waals surface area contributed by atoms with Gasteiger partial charge >= 0.3 is 12.1 Å². The summed E-state index contributed by atoms with van der Waals surface area (Å²) in [6, 6.07) is 11.3. The molecule has 31 heavy (non-hydrogen) atoms. The third kappa shape index (κ3) is 7.77. The van der Waals surface area contributed by atoms with Crippen molar-refractivity contribution in [3.63, 3.8) is 0 Å². The van der Waals surface area contributed by atoms with Crippen LogP contribution in [0.4, 0.5) is 22.0 Å². The van der Waals surface area contributed by atoms with E-state index in [1.807, 2.05) is 0 Å². The van der Waals surface area contributed by atoms with Crippen LogP contribution in [0.2, 0.25) is 0 Å². The van der Waals surface area contributed by atoms with E-state index < -0.39 is 29.5 Å². The first-order valence-electron chi connectivity index (χ1n) is 8.42. The first-order chi connectivity index (χ1) is 14.5. The summed E-state index contributed by atoms with van der Waals surface area (Å²) in [6.45, 7) is 0. The smallest absolute Gasteiger partial charge is 0.433 e. The lowest BCUT2D eigenvalue weighted by atomic mass is 10.2. The van der Waals surface area contributed by atoms with Gasteiger partial charge in [-0.25, -0.2) is 18.6 Å². The molecule has 10 heteroatoms. The Morgan fingerprint density at radius 1 is 0.903 bits per heavy atom. The molecule has 0 spiro atoms. The number of phenolic OH excluding ortho intramolecular Hbond substituents is 1. The van der Waals surface area contributed by atoms with Crippen molar-refractivity contribution < 1.29 is 41.7 Å². The Hall–Kier alpha value is -3.95. The van der Waals surface area contributed by atoms with Crippen molar-refractivity contribution >= 4 is 12.0 Å². The number of carboxylic acid groups (broad SMARTS) is 1. The summed E-state index contributed by atoms with van der Waals surface area (Å²) in [5.41, 5.74) is -1.16. The number of pyridine rings is 1. The van der Waals surface area contributed by atoms with E-state index in [0.29, 0.717) is 6.07 Å². The molecule has 2 aromatic carbocycles. The van der Waals surface area contributed by atoms with Gasteiger partial charge in [-0.05, 0) is 66.7 Å². The highest BCUT2D eigenvalue weighted by Gasteiger charge is 2.33. The lowest BCUT2D eigenvalue weighted by molar-refractivity contribution is -0.141. The molecule has 0 atom stereocenters. The van der Waals surface area contributed by atoms with E-state index in [0.717, 1.165) is 30.4 Å². The van der Waals surface area contributed by atoms with Crippen LogP contribution >= 0.6 is 0 Å². The van der Waals surface area contributed by atoms with E-state index in [4.69, 9.17) is 14.9 Å². The first-order valence-corrected chi connectivity index (χ1v) is 8.42. The average molecular weight is 439 g/mol. The molecule has 0 saturated heterocycles. The zero-order chi connectivity index (χ0) is 23.0. The molecule has 0 bridgehead atoms. The van der Waals surface area contributed by atoms with Crippen molar-refractivity contribution in [2.24, 2.45) is 0 Å². The van der Waals surface area contributed by atoms with Gasteiger partial charge in [-0.1, -0.05) is 0 Å². The summed E-state index contributed by atoms with van der Waals surface area (Å²) >= 11 is 0. The summed E-state index contributed by atoms with van der Waals surface area (Å²) in [5, 5.41) is 17.2. The number of rotatable bonds is 4. The molecule has 3 aromatic rings. The van der Waals surface area contributed by atoms with Crippen LogP contribution in [0, 0.1) is 11.6 Å². The van der Waals surface area contributed by atoms with Gasteiger partial charge < -0.3 is 14.9 Å². The van der Waals surface area contributed by atoms with Crippen LogP contribution in [0.5, 0.6) is 17.4 Å². The lowest BCUT2D eigenvalue weighted by Gasteiger charge is -2.11. The summed E-state index contributed by atoms with van der Waals surface area (Å²) in [6.07, 6.45) is -2.90. The zero-order valence-electron chi connectivity index (χ0n) is 15.5. The van der Waals surface area contributed by atoms with E-state index >= 15 is 0 Å². The molecule has 2 N–H and O–H groups in total. The number of hydrogen-bond acceptors (Lipinski definition) is 4. The SMILES string of the molecule is O=C(O)C=Cc1ccc(C(F)(F)F)nc1Oc1ccc(F)cc1.Oc1ccc(F)cc1. The monoisotopic (exact) mass is 439 g/mol. The molecule has 0 unspecified atom stereocenters. The molecular weight excluding hydrogens is 425 g/mol. The highest BCUT2D eigenvalue weighted by atomic mass is 19.4. The molecule has 0 fully saturated rings. The van der Waals surface area contributed by atoms with Gasteiger partial charge in [0.1, 0.15) is 28.8 Å². The molecule has 0 saturated carbocycles. The lowest BCUT2D eigenvalue weighted by Crippen LogP contribution is -2.09. The van der Waals surface area contributed by atoms with E-state index in [2.05, 4.69) is 4.98 Å². The maximum absolute atomic E-state index is 12.8. The van der Waals surface area contributed by atoms with Gasteiger partial charge in [-0.3, -0.25) is 0 Å². The fourth-order valence-corrected chi connectivity index (χ4v) is 2.03. The molecule has 162 valence electrons. The van der Waals surface area contributed by atoms with Gasteiger partial charge in [0, 0.05) is 11.6 Å². The predicted octanol–water partition coefficient (Wildman–Crippen LogP) is 5.66. The number of alkyl halides is 3. The number of benzene rings is 2. The van der Waals surface area contributed by atoms with Crippen molar-refractivity contribution in [1.29, 1.82) is 0 Å². The molecule has 0 aliphatic heterocycles. The number of phenols is 1. The third-order valence-corrected chi connectivity index (χ3v) is 3.44. The number of aromatic hydroxyl groups is 1. The second kappa shape index (κ2) is 10.2. The van der Waals surface area contributed by atoms with Gasteiger partial charge in [0.25, 0.3) is 0 Å². The standard InChI is InChI=1S/C15H9F4NO3.C6H5FO/c16-10-3-5-11(6-4-10)23-14-9(2-8-13(21)22)1-7-12(20-14)15(17,18)19;7-5-1-3-6(8)4-2-5/h1-8H,(H,21,22);1-4,8H. The molecule has 0 amide bonds. The Labute approximate surface area is 172 Å². The molecule has 0 aliphatic carbocycles. The summed E-state index contributed by atoms with van der Waals surface area (Å²) < 4.78 is 68.2. The summed E-state index contributed by atoms with van der Waals surface area (Å²) in [4.78, 5) is 13.9. The van der Waals surface area contributed by atoms with Crippen molar-refractivity contribution in [2.75, 3.05) is 0 Å². The minimum Gasteiger partial charge on any atom is -0.508 e. The van der Waals surface area contributed by atoms with Crippen molar-refractivity contribution in [3.05, 3.63) is 89.6 Å².